The number of amides is 3. The van der Waals surface area contributed by atoms with Crippen molar-refractivity contribution in [2.75, 3.05) is 4.90 Å². The van der Waals surface area contributed by atoms with Gasteiger partial charge in [-0.2, -0.15) is 4.90 Å². The van der Waals surface area contributed by atoms with E-state index < -0.39 is 52.4 Å². The Balaban J connectivity index is 1.69. The molecule has 14 nitrogen and oxygen atoms in total. The fourth-order valence-corrected chi connectivity index (χ4v) is 7.30. The number of imide groups is 1. The van der Waals surface area contributed by atoms with Crippen molar-refractivity contribution in [2.24, 2.45) is 0 Å². The van der Waals surface area contributed by atoms with Gasteiger partial charge in [-0.15, -0.1) is 0 Å². The van der Waals surface area contributed by atoms with E-state index in [9.17, 15) is 19.2 Å². The number of alkyl carbamates (subject to hydrolysis) is 1. The predicted molar refractivity (Wildman–Crippen MR) is 240 cm³/mol. The van der Waals surface area contributed by atoms with Crippen LogP contribution in [0.5, 0.6) is 0 Å². The Morgan fingerprint density at radius 2 is 1.32 bits per heavy atom. The number of nitrogens with one attached hydrogen (secondary N) is 1. The molecule has 0 saturated heterocycles. The Kier molecular flexibility index (Phi) is 13.7. The maximum atomic E-state index is 14.2. The van der Waals surface area contributed by atoms with Gasteiger partial charge >= 0.3 is 24.4 Å². The van der Waals surface area contributed by atoms with Gasteiger partial charge in [-0.05, 0) is 151 Å². The van der Waals surface area contributed by atoms with Gasteiger partial charge in [0.15, 0.2) is 5.82 Å². The number of unbranched alkanes of at least 4 members (excludes halogenated alkanes) is 1. The lowest BCUT2D eigenvalue weighted by atomic mass is 9.98. The van der Waals surface area contributed by atoms with Gasteiger partial charge in [0.05, 0.1) is 23.6 Å². The monoisotopic (exact) mass is 857 g/mol. The van der Waals surface area contributed by atoms with Gasteiger partial charge in [0.2, 0.25) is 0 Å². The Labute approximate surface area is 366 Å². The van der Waals surface area contributed by atoms with Crippen LogP contribution in [0.1, 0.15) is 157 Å². The molecule has 4 aromatic rings. The molecular weight excluding hydrogens is 791 g/mol. The third-order valence-corrected chi connectivity index (χ3v) is 9.60. The second kappa shape index (κ2) is 17.8. The van der Waals surface area contributed by atoms with Crippen LogP contribution in [0.3, 0.4) is 0 Å². The number of nitrogens with zero attached hydrogens (tertiary/aromatic N) is 4. The molecule has 2 aromatic carbocycles. The molecular formula is C48H67N5O9. The first-order chi connectivity index (χ1) is 28.5. The van der Waals surface area contributed by atoms with Crippen LogP contribution in [0, 0.1) is 0 Å². The van der Waals surface area contributed by atoms with Crippen LogP contribution >= 0.6 is 0 Å². The van der Waals surface area contributed by atoms with Gasteiger partial charge in [0.1, 0.15) is 39.3 Å². The van der Waals surface area contributed by atoms with Crippen LogP contribution in [-0.4, -0.2) is 67.0 Å². The number of anilines is 1. The highest BCUT2D eigenvalue weighted by Gasteiger charge is 2.38. The van der Waals surface area contributed by atoms with Crippen molar-refractivity contribution in [3.05, 3.63) is 64.5 Å². The van der Waals surface area contributed by atoms with E-state index in [0.29, 0.717) is 35.1 Å². The topological polar surface area (TPSA) is 160 Å². The lowest BCUT2D eigenvalue weighted by Crippen LogP contribution is -2.44. The lowest BCUT2D eigenvalue weighted by molar-refractivity contribution is -0.0582. The first-order valence-corrected chi connectivity index (χ1v) is 21.6. The average Bonchev–Trinajstić information content (AvgIpc) is 3.64. The number of aryl methyl sites for hydroxylation is 2. The number of hydrogen-bond donors (Lipinski definition) is 1. The average molecular weight is 858 g/mol. The van der Waals surface area contributed by atoms with Crippen LogP contribution in [0.25, 0.3) is 21.9 Å². The second-order valence-corrected chi connectivity index (χ2v) is 20.8. The summed E-state index contributed by atoms with van der Waals surface area (Å²) in [6, 6.07) is 12.1. The van der Waals surface area contributed by atoms with Crippen LogP contribution < -0.4 is 10.2 Å². The molecule has 14 heteroatoms. The van der Waals surface area contributed by atoms with Crippen LogP contribution in [0.4, 0.5) is 25.0 Å². The van der Waals surface area contributed by atoms with Crippen molar-refractivity contribution in [3.63, 3.8) is 0 Å². The maximum Gasteiger partial charge on any atom is 0.509 e. The molecule has 2 heterocycles. The van der Waals surface area contributed by atoms with E-state index in [0.717, 1.165) is 47.3 Å². The zero-order chi connectivity index (χ0) is 46.2. The molecule has 1 unspecified atom stereocenters. The number of fused-ring (bicyclic) bond motifs is 4. The maximum absolute atomic E-state index is 14.2. The minimum atomic E-state index is -1.09. The smallest absolute Gasteiger partial charge is 0.444 e. The molecule has 2 aromatic heterocycles. The van der Waals surface area contributed by atoms with Gasteiger partial charge in [-0.1, -0.05) is 43.7 Å². The van der Waals surface area contributed by atoms with Gasteiger partial charge in [-0.3, -0.25) is 0 Å². The Hall–Kier alpha value is -5.40. The van der Waals surface area contributed by atoms with Crippen LogP contribution in [0.2, 0.25) is 0 Å². The number of rotatable bonds is 10. The van der Waals surface area contributed by atoms with Gasteiger partial charge in [0.25, 0.3) is 0 Å². The molecule has 5 rings (SSSR count). The van der Waals surface area contributed by atoms with Crippen molar-refractivity contribution < 1.29 is 42.9 Å². The Bertz CT molecular complexity index is 2290. The number of imidazole rings is 1. The molecule has 0 saturated carbocycles. The van der Waals surface area contributed by atoms with E-state index in [2.05, 4.69) is 30.4 Å². The van der Waals surface area contributed by atoms with E-state index in [1.54, 1.807) is 76.2 Å². The van der Waals surface area contributed by atoms with Crippen molar-refractivity contribution >= 4 is 52.2 Å². The van der Waals surface area contributed by atoms with Gasteiger partial charge in [0, 0.05) is 11.8 Å². The third-order valence-electron chi connectivity index (χ3n) is 9.60. The predicted octanol–water partition coefficient (Wildman–Crippen LogP) is 11.4. The summed E-state index contributed by atoms with van der Waals surface area (Å²) in [5, 5.41) is 3.76. The summed E-state index contributed by atoms with van der Waals surface area (Å²) in [4.78, 5) is 65.1. The lowest BCUT2D eigenvalue weighted by Gasteiger charge is -2.29. The number of pyridine rings is 1. The minimum Gasteiger partial charge on any atom is -0.444 e. The molecule has 1 aliphatic rings. The number of carbonyl (C=O) groups is 4. The molecule has 1 atom stereocenters. The van der Waals surface area contributed by atoms with Crippen LogP contribution in [0.15, 0.2) is 36.4 Å². The van der Waals surface area contributed by atoms with E-state index >= 15 is 0 Å². The summed E-state index contributed by atoms with van der Waals surface area (Å²) < 4.78 is 30.6. The van der Waals surface area contributed by atoms with E-state index in [-0.39, 0.29) is 23.9 Å². The Morgan fingerprint density at radius 3 is 1.90 bits per heavy atom. The Morgan fingerprint density at radius 1 is 0.742 bits per heavy atom. The minimum absolute atomic E-state index is 0.0518. The largest absolute Gasteiger partial charge is 0.509 e. The fourth-order valence-electron chi connectivity index (χ4n) is 7.30. The summed E-state index contributed by atoms with van der Waals surface area (Å²) in [6.45, 7) is 27.0. The summed E-state index contributed by atoms with van der Waals surface area (Å²) in [7, 11) is 0. The third kappa shape index (κ3) is 12.6. The molecule has 3 amide bonds. The molecule has 0 fully saturated rings. The summed E-state index contributed by atoms with van der Waals surface area (Å²) >= 11 is 0. The quantitative estimate of drug-likeness (QED) is 0.119. The molecule has 0 aliphatic heterocycles. The molecule has 0 bridgehead atoms. The van der Waals surface area contributed by atoms with E-state index in [4.69, 9.17) is 33.7 Å². The molecule has 0 radical (unpaired) electrons. The van der Waals surface area contributed by atoms with E-state index in [1.807, 2.05) is 43.5 Å². The second-order valence-electron chi connectivity index (χ2n) is 20.8. The summed E-state index contributed by atoms with van der Waals surface area (Å²) in [5.41, 5.74) is 1.14. The van der Waals surface area contributed by atoms with Crippen molar-refractivity contribution in [1.82, 2.24) is 19.9 Å². The van der Waals surface area contributed by atoms with Gasteiger partial charge in [-0.25, -0.2) is 29.1 Å². The number of ether oxygens (including phenoxy) is 5. The highest BCUT2D eigenvalue weighted by molar-refractivity contribution is 6.17. The first kappa shape index (κ1) is 47.6. The van der Waals surface area contributed by atoms with Crippen molar-refractivity contribution in [1.29, 1.82) is 0 Å². The highest BCUT2D eigenvalue weighted by atomic mass is 16.7. The first-order valence-electron chi connectivity index (χ1n) is 21.6. The number of carbonyl (C=O) groups excluding carboxylic acids is 4. The SMILES string of the molecule is CCCCc1nc2c(N(C(=O)OC(C)(C)C)C(=O)OC(C)(C)C)nc3cc(Cc4ccc5c(c4)C(NC(=O)OC(C)(C)C)CC5)ccc3c2n1CC(C)(C)OC(=O)OC(C)(C)C. The van der Waals surface area contributed by atoms with Crippen molar-refractivity contribution in [2.45, 2.75) is 183 Å². The van der Waals surface area contributed by atoms with Crippen molar-refractivity contribution in [3.8, 4) is 0 Å². The normalized spacial score (nSPS) is 14.7. The molecule has 1 N–H and O–H groups in total. The highest BCUT2D eigenvalue weighted by Crippen LogP contribution is 2.37. The van der Waals surface area contributed by atoms with E-state index in [1.165, 1.54) is 5.56 Å². The molecule has 338 valence electrons. The molecule has 0 spiro atoms. The molecule has 62 heavy (non-hydrogen) atoms. The van der Waals surface area contributed by atoms with Gasteiger partial charge < -0.3 is 33.6 Å². The zero-order valence-corrected chi connectivity index (χ0v) is 39.5. The number of aromatic nitrogens is 3. The van der Waals surface area contributed by atoms with Crippen LogP contribution in [-0.2, 0) is 49.5 Å². The number of hydrogen-bond acceptors (Lipinski definition) is 11. The number of benzene rings is 2. The summed E-state index contributed by atoms with van der Waals surface area (Å²) in [6.07, 6.45) is 1.15. The fraction of sp³-hybridized carbons (Fsp3) is 0.583. The molecule has 1 aliphatic carbocycles. The zero-order valence-electron chi connectivity index (χ0n) is 39.5. The standard InChI is InChI=1S/C48H67N5O9/c1-16-17-18-36-51-37-38(52(36)28-48(14,15)62-43(57)61-47(11,12)13)32-23-20-30(25-29-19-21-31-22-24-34(33(31)26-29)50-40(54)58-44(2,3)4)27-35(32)49-39(37)53(41(55)59-45(5,6)7)42(56)60-46(8,9)10/h19-21,23,26-27,34H,16-18,22,24-25,28H2,1-15H3,(H,50,54). The summed E-state index contributed by atoms with van der Waals surface area (Å²) in [5.74, 6) is 0.604.